The Hall–Kier alpha value is -0.390. The molecule has 0 spiro atoms. The second-order valence-electron chi connectivity index (χ2n) is 4.34. The van der Waals surface area contributed by atoms with E-state index in [9.17, 15) is 8.42 Å². The molecule has 1 unspecified atom stereocenters. The van der Waals surface area contributed by atoms with Crippen LogP contribution in [0, 0.1) is 0 Å². The third kappa shape index (κ3) is 6.19. The molecule has 17 heavy (non-hydrogen) atoms. The lowest BCUT2D eigenvalue weighted by molar-refractivity contribution is 0.554. The fourth-order valence-electron chi connectivity index (χ4n) is 1.71. The van der Waals surface area contributed by atoms with Crippen molar-refractivity contribution < 1.29 is 8.42 Å². The second kappa shape index (κ2) is 7.13. The predicted octanol–water partition coefficient (Wildman–Crippen LogP) is 2.09. The molecule has 0 aromatic carbocycles. The first-order valence-corrected chi connectivity index (χ1v) is 8.75. The average Bonchev–Trinajstić information content (AvgIpc) is 2.69. The van der Waals surface area contributed by atoms with Crippen LogP contribution in [0.2, 0.25) is 0 Å². The van der Waals surface area contributed by atoms with Crippen LogP contribution in [-0.4, -0.2) is 32.5 Å². The van der Waals surface area contributed by atoms with E-state index in [1.165, 1.54) is 5.56 Å². The number of thiophene rings is 1. The molecular weight excluding hydrogens is 254 g/mol. The summed E-state index contributed by atoms with van der Waals surface area (Å²) in [6, 6.07) is 2.43. The Morgan fingerprint density at radius 1 is 1.41 bits per heavy atom. The van der Waals surface area contributed by atoms with Crippen molar-refractivity contribution in [2.75, 3.05) is 18.1 Å². The first-order chi connectivity index (χ1) is 8.03. The van der Waals surface area contributed by atoms with Gasteiger partial charge >= 0.3 is 0 Å². The average molecular weight is 275 g/mol. The minimum absolute atomic E-state index is 0.245. The smallest absolute Gasteiger partial charge is 0.151 e. The van der Waals surface area contributed by atoms with Gasteiger partial charge in [-0.05, 0) is 42.2 Å². The zero-order valence-corrected chi connectivity index (χ0v) is 12.1. The van der Waals surface area contributed by atoms with E-state index in [1.54, 1.807) is 11.3 Å². The Morgan fingerprint density at radius 3 is 2.76 bits per heavy atom. The van der Waals surface area contributed by atoms with Crippen LogP contribution < -0.4 is 5.32 Å². The number of rotatable bonds is 8. The van der Waals surface area contributed by atoms with Crippen LogP contribution in [0.5, 0.6) is 0 Å². The topological polar surface area (TPSA) is 46.2 Å². The van der Waals surface area contributed by atoms with Crippen LogP contribution in [-0.2, 0) is 16.3 Å². The Bertz CT molecular complexity index is 398. The Morgan fingerprint density at radius 2 is 2.18 bits per heavy atom. The molecule has 0 fully saturated rings. The van der Waals surface area contributed by atoms with Gasteiger partial charge in [0.1, 0.15) is 0 Å². The fraction of sp³-hybridized carbons (Fsp3) is 0.667. The number of hydrogen-bond donors (Lipinski definition) is 1. The van der Waals surface area contributed by atoms with Crippen LogP contribution in [0.1, 0.15) is 25.8 Å². The number of nitrogens with one attached hydrogen (secondary N) is 1. The van der Waals surface area contributed by atoms with Crippen molar-refractivity contribution in [3.63, 3.8) is 0 Å². The summed E-state index contributed by atoms with van der Waals surface area (Å²) in [5.74, 6) is 0.544. The van der Waals surface area contributed by atoms with Crippen LogP contribution in [0.3, 0.4) is 0 Å². The fourth-order valence-corrected chi connectivity index (χ4v) is 3.64. The van der Waals surface area contributed by atoms with Gasteiger partial charge in [-0.3, -0.25) is 0 Å². The van der Waals surface area contributed by atoms with Crippen LogP contribution in [0.4, 0.5) is 0 Å². The Kier molecular flexibility index (Phi) is 6.16. The molecule has 1 rings (SSSR count). The summed E-state index contributed by atoms with van der Waals surface area (Å²) in [4.78, 5) is 0. The zero-order valence-electron chi connectivity index (χ0n) is 10.5. The van der Waals surface area contributed by atoms with Gasteiger partial charge in [0.05, 0.1) is 5.75 Å². The quantitative estimate of drug-likeness (QED) is 0.790. The van der Waals surface area contributed by atoms with Crippen molar-refractivity contribution in [3.05, 3.63) is 22.4 Å². The van der Waals surface area contributed by atoms with E-state index in [4.69, 9.17) is 0 Å². The molecule has 1 atom stereocenters. The van der Waals surface area contributed by atoms with Gasteiger partial charge in [-0.2, -0.15) is 11.3 Å². The maximum absolute atomic E-state index is 11.5. The highest BCUT2D eigenvalue weighted by Gasteiger charge is 2.10. The summed E-state index contributed by atoms with van der Waals surface area (Å²) >= 11 is 1.69. The molecule has 0 aliphatic heterocycles. The maximum Gasteiger partial charge on any atom is 0.151 e. The molecule has 1 N–H and O–H groups in total. The third-order valence-corrected chi connectivity index (χ3v) is 5.13. The minimum Gasteiger partial charge on any atom is -0.313 e. The zero-order chi connectivity index (χ0) is 12.7. The standard InChI is InChI=1S/C12H21NO2S2/c1-3-7-17(14,15)8-5-13-11(2)9-12-4-6-16-10-12/h4,6,10-11,13H,3,5,7-9H2,1-2H3. The third-order valence-electron chi connectivity index (χ3n) is 2.54. The van der Waals surface area contributed by atoms with E-state index in [2.05, 4.69) is 29.1 Å². The molecule has 1 heterocycles. The van der Waals surface area contributed by atoms with E-state index in [0.717, 1.165) is 6.42 Å². The normalized spacial score (nSPS) is 13.8. The molecule has 0 amide bonds. The molecule has 98 valence electrons. The molecule has 0 saturated carbocycles. The summed E-state index contributed by atoms with van der Waals surface area (Å²) in [7, 11) is -2.85. The summed E-state index contributed by atoms with van der Waals surface area (Å²) < 4.78 is 23.0. The van der Waals surface area contributed by atoms with Crippen molar-refractivity contribution in [3.8, 4) is 0 Å². The molecule has 0 aliphatic carbocycles. The van der Waals surface area contributed by atoms with Gasteiger partial charge in [0.25, 0.3) is 0 Å². The molecular formula is C12H21NO2S2. The van der Waals surface area contributed by atoms with Gasteiger partial charge in [0, 0.05) is 18.3 Å². The Labute approximate surface area is 108 Å². The van der Waals surface area contributed by atoms with E-state index in [1.807, 2.05) is 6.92 Å². The van der Waals surface area contributed by atoms with Gasteiger partial charge < -0.3 is 5.32 Å². The van der Waals surface area contributed by atoms with Crippen LogP contribution in [0.15, 0.2) is 16.8 Å². The maximum atomic E-state index is 11.5. The highest BCUT2D eigenvalue weighted by atomic mass is 32.2. The van der Waals surface area contributed by atoms with Gasteiger partial charge in [0.2, 0.25) is 0 Å². The molecule has 1 aromatic heterocycles. The highest BCUT2D eigenvalue weighted by molar-refractivity contribution is 7.91. The van der Waals surface area contributed by atoms with Crippen molar-refractivity contribution in [1.29, 1.82) is 0 Å². The second-order valence-corrected chi connectivity index (χ2v) is 7.43. The SMILES string of the molecule is CCCS(=O)(=O)CCNC(C)Cc1ccsc1. The van der Waals surface area contributed by atoms with Gasteiger partial charge in [0.15, 0.2) is 9.84 Å². The molecule has 0 saturated heterocycles. The van der Waals surface area contributed by atoms with Crippen molar-refractivity contribution in [2.45, 2.75) is 32.7 Å². The van der Waals surface area contributed by atoms with E-state index in [-0.39, 0.29) is 5.75 Å². The molecule has 0 aliphatic rings. The summed E-state index contributed by atoms with van der Waals surface area (Å²) in [5.41, 5.74) is 1.31. The summed E-state index contributed by atoms with van der Waals surface area (Å²) in [6.07, 6.45) is 1.66. The largest absolute Gasteiger partial charge is 0.313 e. The number of hydrogen-bond acceptors (Lipinski definition) is 4. The van der Waals surface area contributed by atoms with Crippen molar-refractivity contribution in [1.82, 2.24) is 5.32 Å². The van der Waals surface area contributed by atoms with Crippen molar-refractivity contribution >= 4 is 21.2 Å². The van der Waals surface area contributed by atoms with E-state index < -0.39 is 9.84 Å². The lowest BCUT2D eigenvalue weighted by atomic mass is 10.1. The summed E-state index contributed by atoms with van der Waals surface area (Å²) in [6.45, 7) is 4.53. The van der Waals surface area contributed by atoms with E-state index in [0.29, 0.717) is 24.8 Å². The number of sulfone groups is 1. The monoisotopic (exact) mass is 275 g/mol. The minimum atomic E-state index is -2.85. The lowest BCUT2D eigenvalue weighted by Gasteiger charge is -2.12. The van der Waals surface area contributed by atoms with Crippen LogP contribution >= 0.6 is 11.3 Å². The highest BCUT2D eigenvalue weighted by Crippen LogP contribution is 2.08. The first kappa shape index (κ1) is 14.7. The predicted molar refractivity (Wildman–Crippen MR) is 74.4 cm³/mol. The molecule has 3 nitrogen and oxygen atoms in total. The molecule has 0 radical (unpaired) electrons. The Balaban J connectivity index is 2.22. The van der Waals surface area contributed by atoms with Crippen LogP contribution in [0.25, 0.3) is 0 Å². The summed E-state index contributed by atoms with van der Waals surface area (Å²) in [5, 5.41) is 7.46. The lowest BCUT2D eigenvalue weighted by Crippen LogP contribution is -2.32. The molecule has 5 heteroatoms. The molecule has 1 aromatic rings. The van der Waals surface area contributed by atoms with Gasteiger partial charge in [-0.1, -0.05) is 6.92 Å². The first-order valence-electron chi connectivity index (χ1n) is 5.98. The molecule has 0 bridgehead atoms. The van der Waals surface area contributed by atoms with Gasteiger partial charge in [-0.15, -0.1) is 0 Å². The van der Waals surface area contributed by atoms with Crippen molar-refractivity contribution in [2.24, 2.45) is 0 Å². The van der Waals surface area contributed by atoms with Gasteiger partial charge in [-0.25, -0.2) is 8.42 Å². The van der Waals surface area contributed by atoms with E-state index >= 15 is 0 Å².